The van der Waals surface area contributed by atoms with Gasteiger partial charge in [-0.25, -0.2) is 4.39 Å². The Labute approximate surface area is 84.5 Å². The molecule has 0 aliphatic rings. The number of aryl methyl sites for hydroxylation is 1. The van der Waals surface area contributed by atoms with Gasteiger partial charge < -0.3 is 4.52 Å². The number of halogens is 2. The van der Waals surface area contributed by atoms with E-state index in [-0.39, 0.29) is 16.5 Å². The van der Waals surface area contributed by atoms with Crippen molar-refractivity contribution in [1.29, 1.82) is 0 Å². The van der Waals surface area contributed by atoms with E-state index in [4.69, 9.17) is 16.1 Å². The first-order valence-electron chi connectivity index (χ1n) is 3.93. The molecule has 2 rings (SSSR count). The predicted molar refractivity (Wildman–Crippen MR) is 49.4 cm³/mol. The summed E-state index contributed by atoms with van der Waals surface area (Å²) in [4.78, 5) is 3.90. The Kier molecular flexibility index (Phi) is 2.21. The molecule has 0 saturated carbocycles. The molecule has 5 heteroatoms. The summed E-state index contributed by atoms with van der Waals surface area (Å²) in [6, 6.07) is 4.38. The zero-order valence-electron chi connectivity index (χ0n) is 7.29. The summed E-state index contributed by atoms with van der Waals surface area (Å²) in [6.07, 6.45) is 0. The summed E-state index contributed by atoms with van der Waals surface area (Å²) in [5.41, 5.74) is 0.148. The third-order valence-corrected chi connectivity index (χ3v) is 2.02. The maximum Gasteiger partial charge on any atom is 0.262 e. The van der Waals surface area contributed by atoms with E-state index in [2.05, 4.69) is 10.1 Å². The highest BCUT2D eigenvalue weighted by molar-refractivity contribution is 6.33. The minimum atomic E-state index is -0.471. The fourth-order valence-electron chi connectivity index (χ4n) is 1.10. The van der Waals surface area contributed by atoms with Gasteiger partial charge in [-0.1, -0.05) is 22.8 Å². The summed E-state index contributed by atoms with van der Waals surface area (Å²) in [7, 11) is 0. The lowest BCUT2D eigenvalue weighted by Gasteiger charge is -1.98. The number of hydrogen-bond donors (Lipinski definition) is 0. The van der Waals surface area contributed by atoms with Crippen LogP contribution in [-0.2, 0) is 0 Å². The van der Waals surface area contributed by atoms with E-state index in [0.29, 0.717) is 5.82 Å². The summed E-state index contributed by atoms with van der Waals surface area (Å²) < 4.78 is 18.2. The molecule has 0 aliphatic heterocycles. The second-order valence-electron chi connectivity index (χ2n) is 2.74. The van der Waals surface area contributed by atoms with Crippen molar-refractivity contribution in [2.45, 2.75) is 6.92 Å². The highest BCUT2D eigenvalue weighted by Crippen LogP contribution is 2.28. The van der Waals surface area contributed by atoms with Crippen LogP contribution in [0, 0.1) is 12.7 Å². The normalized spacial score (nSPS) is 10.5. The largest absolute Gasteiger partial charge is 0.334 e. The second kappa shape index (κ2) is 3.38. The van der Waals surface area contributed by atoms with Gasteiger partial charge in [0.05, 0.1) is 10.6 Å². The Morgan fingerprint density at radius 3 is 2.79 bits per heavy atom. The van der Waals surface area contributed by atoms with Gasteiger partial charge >= 0.3 is 0 Å². The second-order valence-corrected chi connectivity index (χ2v) is 3.15. The Morgan fingerprint density at radius 1 is 1.43 bits per heavy atom. The fraction of sp³-hybridized carbons (Fsp3) is 0.111. The molecule has 0 fully saturated rings. The summed E-state index contributed by atoms with van der Waals surface area (Å²) in [6.45, 7) is 1.65. The van der Waals surface area contributed by atoms with Crippen molar-refractivity contribution < 1.29 is 8.91 Å². The van der Waals surface area contributed by atoms with Crippen molar-refractivity contribution in [3.8, 4) is 11.5 Å². The molecule has 0 bridgehead atoms. The first kappa shape index (κ1) is 9.15. The van der Waals surface area contributed by atoms with E-state index in [1.165, 1.54) is 12.1 Å². The minimum Gasteiger partial charge on any atom is -0.334 e. The van der Waals surface area contributed by atoms with Gasteiger partial charge in [-0.3, -0.25) is 0 Å². The Bertz CT molecular complexity index is 449. The molecule has 72 valence electrons. The zero-order valence-corrected chi connectivity index (χ0v) is 8.05. The van der Waals surface area contributed by atoms with Gasteiger partial charge in [0.15, 0.2) is 5.82 Å². The molecule has 1 heterocycles. The van der Waals surface area contributed by atoms with Crippen LogP contribution in [0.25, 0.3) is 11.5 Å². The number of aromatic nitrogens is 2. The Balaban J connectivity index is 2.61. The zero-order chi connectivity index (χ0) is 10.1. The van der Waals surface area contributed by atoms with Gasteiger partial charge in [0.25, 0.3) is 5.89 Å². The Morgan fingerprint density at radius 2 is 2.21 bits per heavy atom. The van der Waals surface area contributed by atoms with E-state index < -0.39 is 5.82 Å². The van der Waals surface area contributed by atoms with Crippen molar-refractivity contribution >= 4 is 11.6 Å². The lowest BCUT2D eigenvalue weighted by atomic mass is 10.2. The highest BCUT2D eigenvalue weighted by atomic mass is 35.5. The van der Waals surface area contributed by atoms with Crippen LogP contribution >= 0.6 is 11.6 Å². The van der Waals surface area contributed by atoms with Crippen molar-refractivity contribution in [3.05, 3.63) is 34.9 Å². The standard InChI is InChI=1S/C9H6ClFN2O/c1-5-12-9(14-13-5)8-6(10)3-2-4-7(8)11/h2-4H,1H3. The van der Waals surface area contributed by atoms with Crippen LogP contribution in [0.15, 0.2) is 22.7 Å². The Hall–Kier alpha value is -1.42. The number of rotatable bonds is 1. The molecule has 0 unspecified atom stereocenters. The fourth-order valence-corrected chi connectivity index (χ4v) is 1.34. The van der Waals surface area contributed by atoms with E-state index in [0.717, 1.165) is 0 Å². The molecule has 0 saturated heterocycles. The molecule has 0 spiro atoms. The smallest absolute Gasteiger partial charge is 0.262 e. The molecular formula is C9H6ClFN2O. The SMILES string of the molecule is Cc1noc(-c2c(F)cccc2Cl)n1. The topological polar surface area (TPSA) is 38.9 Å². The molecule has 0 amide bonds. The summed E-state index contributed by atoms with van der Waals surface area (Å²) in [5, 5.41) is 3.82. The molecule has 0 atom stereocenters. The quantitative estimate of drug-likeness (QED) is 0.730. The van der Waals surface area contributed by atoms with Crippen LogP contribution < -0.4 is 0 Å². The van der Waals surface area contributed by atoms with Crippen molar-refractivity contribution in [3.63, 3.8) is 0 Å². The van der Waals surface area contributed by atoms with Gasteiger partial charge in [0.2, 0.25) is 0 Å². The van der Waals surface area contributed by atoms with Crippen molar-refractivity contribution in [2.75, 3.05) is 0 Å². The molecule has 0 aliphatic carbocycles. The van der Waals surface area contributed by atoms with Crippen LogP contribution in [0.4, 0.5) is 4.39 Å². The minimum absolute atomic E-state index is 0.102. The molecule has 0 N–H and O–H groups in total. The molecule has 1 aromatic carbocycles. The summed E-state index contributed by atoms with van der Waals surface area (Å²) >= 11 is 5.81. The van der Waals surface area contributed by atoms with Crippen molar-refractivity contribution in [2.24, 2.45) is 0 Å². The average molecular weight is 213 g/mol. The van der Waals surface area contributed by atoms with Crippen LogP contribution in [0.5, 0.6) is 0 Å². The maximum atomic E-state index is 13.3. The average Bonchev–Trinajstić information content (AvgIpc) is 2.51. The van der Waals surface area contributed by atoms with E-state index in [1.807, 2.05) is 0 Å². The first-order chi connectivity index (χ1) is 6.68. The third-order valence-electron chi connectivity index (χ3n) is 1.70. The number of benzene rings is 1. The van der Waals surface area contributed by atoms with E-state index in [1.54, 1.807) is 13.0 Å². The van der Waals surface area contributed by atoms with Crippen molar-refractivity contribution in [1.82, 2.24) is 10.1 Å². The van der Waals surface area contributed by atoms with Gasteiger partial charge in [-0.05, 0) is 19.1 Å². The lowest BCUT2D eigenvalue weighted by Crippen LogP contribution is -1.85. The third kappa shape index (κ3) is 1.48. The molecule has 0 radical (unpaired) electrons. The maximum absolute atomic E-state index is 13.3. The molecule has 1 aromatic heterocycles. The van der Waals surface area contributed by atoms with Gasteiger partial charge in [0.1, 0.15) is 5.82 Å². The molecule has 3 nitrogen and oxygen atoms in total. The van der Waals surface area contributed by atoms with Gasteiger partial charge in [-0.2, -0.15) is 4.98 Å². The van der Waals surface area contributed by atoms with E-state index in [9.17, 15) is 4.39 Å². The van der Waals surface area contributed by atoms with Gasteiger partial charge in [0, 0.05) is 0 Å². The van der Waals surface area contributed by atoms with Crippen LogP contribution in [-0.4, -0.2) is 10.1 Å². The van der Waals surface area contributed by atoms with Crippen LogP contribution in [0.2, 0.25) is 5.02 Å². The highest BCUT2D eigenvalue weighted by Gasteiger charge is 2.15. The molecular weight excluding hydrogens is 207 g/mol. The van der Waals surface area contributed by atoms with Crippen LogP contribution in [0.1, 0.15) is 5.82 Å². The summed E-state index contributed by atoms with van der Waals surface area (Å²) in [5.74, 6) is 0.0751. The number of nitrogens with zero attached hydrogens (tertiary/aromatic N) is 2. The first-order valence-corrected chi connectivity index (χ1v) is 4.31. The predicted octanol–water partition coefficient (Wildman–Crippen LogP) is 2.84. The molecule has 14 heavy (non-hydrogen) atoms. The monoisotopic (exact) mass is 212 g/mol. The lowest BCUT2D eigenvalue weighted by molar-refractivity contribution is 0.423. The number of hydrogen-bond acceptors (Lipinski definition) is 3. The van der Waals surface area contributed by atoms with Crippen LogP contribution in [0.3, 0.4) is 0 Å². The van der Waals surface area contributed by atoms with E-state index >= 15 is 0 Å². The van der Waals surface area contributed by atoms with Gasteiger partial charge in [-0.15, -0.1) is 0 Å². The molecule has 2 aromatic rings.